The van der Waals surface area contributed by atoms with Gasteiger partial charge in [-0.15, -0.1) is 0 Å². The number of carboxylic acids is 1. The highest BCUT2D eigenvalue weighted by atomic mass is 16.4. The van der Waals surface area contributed by atoms with E-state index < -0.39 is 70.9 Å². The van der Waals surface area contributed by atoms with E-state index in [1.54, 1.807) is 33.3 Å². The first kappa shape index (κ1) is 85.3. The molecule has 4 saturated heterocycles. The molecule has 0 saturated carbocycles. The molecule has 12 heterocycles. The Hall–Kier alpha value is -15.0. The van der Waals surface area contributed by atoms with Gasteiger partial charge in [0.2, 0.25) is 23.6 Å². The molecule has 0 radical (unpaired) electrons. The summed E-state index contributed by atoms with van der Waals surface area (Å²) < 4.78 is 0. The van der Waals surface area contributed by atoms with Crippen LogP contribution in [0.2, 0.25) is 0 Å². The number of hydrogen-bond donors (Lipinski definition) is 14. The van der Waals surface area contributed by atoms with Crippen LogP contribution in [0.25, 0.3) is 43.6 Å². The molecule has 0 aliphatic carbocycles. The number of nitrogens with zero attached hydrogens (tertiary/aromatic N) is 11. The lowest BCUT2D eigenvalue weighted by molar-refractivity contribution is -0.147. The van der Waals surface area contributed by atoms with Gasteiger partial charge in [0.15, 0.2) is 0 Å². The fourth-order valence-corrected chi connectivity index (χ4v) is 14.8. The number of anilines is 4. The number of amides is 11. The zero-order valence-electron chi connectivity index (χ0n) is 66.3. The van der Waals surface area contributed by atoms with Gasteiger partial charge >= 0.3 is 47.3 Å². The van der Waals surface area contributed by atoms with E-state index in [-0.39, 0.29) is 80.9 Å². The van der Waals surface area contributed by atoms with Crippen LogP contribution in [0.4, 0.5) is 22.7 Å². The number of fused-ring (bicyclic) bond motifs is 4. The molecule has 0 bridgehead atoms. The number of rotatable bonds is 12. The van der Waals surface area contributed by atoms with Crippen LogP contribution in [-0.2, 0) is 38.4 Å². The van der Waals surface area contributed by atoms with E-state index in [1.165, 1.54) is 97.6 Å². The minimum absolute atomic E-state index is 0.0817. The molecule has 18 N–H and O–H groups in total. The predicted octanol–water partition coefficient (Wildman–Crippen LogP) is 7.81. The number of aromatic nitrogens is 12. The Labute approximate surface area is 690 Å². The number of piperidine rings is 4. The van der Waals surface area contributed by atoms with Crippen LogP contribution in [0.5, 0.6) is 0 Å². The summed E-state index contributed by atoms with van der Waals surface area (Å²) in [5, 5.41) is 53.5. The number of nitrogens with one attached hydrogen (secondary N) is 9. The van der Waals surface area contributed by atoms with Gasteiger partial charge in [0.1, 0.15) is 0 Å². The molecule has 0 unspecified atom stereocenters. The largest absolute Gasteiger partial charge is 0.474 e. The first-order valence-electron chi connectivity index (χ1n) is 38.9. The Morgan fingerprint density at radius 2 is 0.612 bits per heavy atom. The van der Waals surface area contributed by atoms with Gasteiger partial charge in [-0.2, -0.15) is 20.4 Å². The zero-order chi connectivity index (χ0) is 86.1. The van der Waals surface area contributed by atoms with Gasteiger partial charge in [0.25, 0.3) is 0 Å². The van der Waals surface area contributed by atoms with Gasteiger partial charge < -0.3 is 69.3 Å². The first-order valence-corrected chi connectivity index (χ1v) is 38.9. The van der Waals surface area contributed by atoms with Crippen molar-refractivity contribution in [3.05, 3.63) is 216 Å². The molecular weight excluding hydrogens is 1550 g/mol. The third-order valence-electron chi connectivity index (χ3n) is 21.2. The number of carboxylic acid groups (broad SMARTS) is 1. The molecule has 8 atom stereocenters. The fourth-order valence-electron chi connectivity index (χ4n) is 14.8. The summed E-state index contributed by atoms with van der Waals surface area (Å²) in [6, 6.07) is 29.6. The molecule has 121 heavy (non-hydrogen) atoms. The summed E-state index contributed by atoms with van der Waals surface area (Å²) in [7, 11) is 0. The van der Waals surface area contributed by atoms with Crippen molar-refractivity contribution in [3.8, 4) is 0 Å². The normalized spacial score (nSPS) is 18.7. The Morgan fingerprint density at radius 1 is 0.339 bits per heavy atom. The van der Waals surface area contributed by atoms with Crippen molar-refractivity contribution in [2.75, 3.05) is 47.4 Å². The number of primary amides is 4. The monoisotopic (exact) mass is 1640 g/mol. The van der Waals surface area contributed by atoms with Crippen molar-refractivity contribution in [2.45, 2.75) is 103 Å². The number of aliphatic carboxylic acids is 1. The first-order chi connectivity index (χ1) is 58.1. The maximum atomic E-state index is 13.0. The van der Waals surface area contributed by atoms with Crippen LogP contribution in [0.3, 0.4) is 0 Å². The maximum Gasteiger partial charge on any atom is 0.394 e. The number of benzene rings is 4. The standard InChI is InChI=1S/3C21H22N6O3.C13H17N3.C8H7N3O4/c3*1-12-2-5-18(13-3-4-17-14(6-13)9-24-26-17)27(11-12)21(30)20(29)25-16-7-15(19(22)28)8-23-10-16;1-9-2-4-12(14-7-9)10-3-5-13-11(6-10)8-15-16-13;9-6(12)4-1-5(3-10-2-4)11-7(13)8(14)15/h3*3-4,6-10,12,18H,2,5,11H2,1H3,(H2,22,28)(H,24,26)(H,25,29);3,5-6,8-9,12,14H,2,4,7H2,1H3,(H,15,16);1-3H,(H2,9,12)(H,11,13)(H,14,15)/t3*12-,18+;9-,12+;/m1101./s1. The van der Waals surface area contributed by atoms with Crippen LogP contribution in [-0.4, -0.2) is 178 Å². The number of aromatic amines is 4. The van der Waals surface area contributed by atoms with Crippen LogP contribution in [0.1, 0.15) is 167 Å². The lowest BCUT2D eigenvalue weighted by atomic mass is 9.89. The Kier molecular flexibility index (Phi) is 27.4. The minimum atomic E-state index is -1.63. The lowest BCUT2D eigenvalue weighted by Gasteiger charge is -2.38. The average molecular weight is 1640 g/mol. The molecule has 4 fully saturated rings. The second-order valence-corrected chi connectivity index (χ2v) is 30.4. The molecule has 8 aromatic heterocycles. The van der Waals surface area contributed by atoms with Crippen molar-refractivity contribution in [1.82, 2.24) is 80.7 Å². The van der Waals surface area contributed by atoms with Gasteiger partial charge in [-0.1, -0.05) is 52.0 Å². The number of carbonyl (C=O) groups is 12. The predicted molar refractivity (Wildman–Crippen MR) is 445 cm³/mol. The summed E-state index contributed by atoms with van der Waals surface area (Å²) in [6.07, 6.45) is 25.2. The van der Waals surface area contributed by atoms with Crippen LogP contribution in [0, 0.1) is 23.7 Å². The molecule has 16 rings (SSSR count). The highest BCUT2D eigenvalue weighted by Crippen LogP contribution is 2.39. The smallest absolute Gasteiger partial charge is 0.394 e. The van der Waals surface area contributed by atoms with Crippen molar-refractivity contribution < 1.29 is 62.6 Å². The summed E-state index contributed by atoms with van der Waals surface area (Å²) in [6.45, 7) is 11.1. The van der Waals surface area contributed by atoms with Crippen molar-refractivity contribution in [3.63, 3.8) is 0 Å². The van der Waals surface area contributed by atoms with Crippen LogP contribution in [0.15, 0.2) is 171 Å². The molecule has 4 aliphatic heterocycles. The van der Waals surface area contributed by atoms with Crippen molar-refractivity contribution in [1.29, 1.82) is 0 Å². The van der Waals surface area contributed by atoms with E-state index in [4.69, 9.17) is 28.0 Å². The second-order valence-electron chi connectivity index (χ2n) is 30.4. The summed E-state index contributed by atoms with van der Waals surface area (Å²) in [5.74, 6) is -8.05. The summed E-state index contributed by atoms with van der Waals surface area (Å²) in [4.78, 5) is 163. The Balaban J connectivity index is 0.000000142. The molecule has 4 aromatic carbocycles. The van der Waals surface area contributed by atoms with Gasteiger partial charge in [0, 0.05) is 72.0 Å². The van der Waals surface area contributed by atoms with E-state index in [0.717, 1.165) is 106 Å². The third kappa shape index (κ3) is 21.8. The number of hydrogen-bond acceptors (Lipinski definition) is 21. The van der Waals surface area contributed by atoms with Gasteiger partial charge in [-0.25, -0.2) is 4.79 Å². The lowest BCUT2D eigenvalue weighted by Crippen LogP contribution is -2.46. The van der Waals surface area contributed by atoms with E-state index in [2.05, 4.69) is 128 Å². The van der Waals surface area contributed by atoms with E-state index in [9.17, 15) is 57.5 Å². The van der Waals surface area contributed by atoms with Gasteiger partial charge in [-0.05, 0) is 177 Å². The topological polar surface area (TPSA) is 565 Å². The molecule has 12 aromatic rings. The number of pyridine rings is 4. The third-order valence-corrected chi connectivity index (χ3v) is 21.2. The fraction of sp³-hybridized carbons (Fsp3) is 0.286. The van der Waals surface area contributed by atoms with Crippen molar-refractivity contribution in [2.24, 2.45) is 46.6 Å². The molecule has 11 amide bonds. The SMILES string of the molecule is C[C@@H]1CC[C@@H](c2ccc3[nH]ncc3c2)N(C(=O)C(=O)Nc2cncc(C(N)=O)c2)C1.C[C@@H]1CC[C@@H](c2ccc3[nH]ncc3c2)N(C(=O)C(=O)Nc2cncc(C(N)=O)c2)C1.C[C@@H]1CC[C@@H](c2ccc3[nH]ncc3c2)NC1.C[C@H]1CC[C@H](c2ccc3[nH]ncc3c2)N(C(=O)C(=O)Nc2cncc(C(N)=O)c2)C1.NC(=O)c1cncc(NC(=O)C(=O)O)c1. The molecular formula is C84H90N24O13. The zero-order valence-corrected chi connectivity index (χ0v) is 66.3. The number of likely N-dealkylation sites (tertiary alicyclic amines) is 3. The highest BCUT2D eigenvalue weighted by Gasteiger charge is 2.38. The summed E-state index contributed by atoms with van der Waals surface area (Å²) >= 11 is 0. The van der Waals surface area contributed by atoms with E-state index in [1.807, 2.05) is 66.1 Å². The minimum Gasteiger partial charge on any atom is -0.474 e. The second kappa shape index (κ2) is 38.8. The molecule has 37 nitrogen and oxygen atoms in total. The Bertz CT molecular complexity index is 5450. The average Bonchev–Trinajstić information content (AvgIpc) is 1.77. The molecule has 4 aliphatic rings. The Morgan fingerprint density at radius 3 is 0.884 bits per heavy atom. The van der Waals surface area contributed by atoms with Crippen molar-refractivity contribution >= 4 is 137 Å². The van der Waals surface area contributed by atoms with Crippen LogP contribution < -0.4 is 49.5 Å². The van der Waals surface area contributed by atoms with Gasteiger partial charge in [0.05, 0.1) is 135 Å². The summed E-state index contributed by atoms with van der Waals surface area (Å²) in [5.41, 5.74) is 30.2. The number of nitrogens with two attached hydrogens (primary N) is 4. The quantitative estimate of drug-likeness (QED) is 0.0518. The van der Waals surface area contributed by atoms with Gasteiger partial charge in [-0.3, -0.25) is 93.1 Å². The van der Waals surface area contributed by atoms with Crippen LogP contribution >= 0.6 is 0 Å². The number of H-pyrrole nitrogens is 4. The molecule has 0 spiro atoms. The number of carbonyl (C=O) groups excluding carboxylic acids is 11. The molecule has 37 heteroatoms. The maximum absolute atomic E-state index is 13.0. The van der Waals surface area contributed by atoms with E-state index in [0.29, 0.717) is 25.7 Å². The van der Waals surface area contributed by atoms with E-state index >= 15 is 0 Å². The molecule has 624 valence electrons. The highest BCUT2D eigenvalue weighted by molar-refractivity contribution is 6.41.